The molecule has 5 aromatic rings. The van der Waals surface area contributed by atoms with Gasteiger partial charge in [-0.1, -0.05) is 28.9 Å². The topological polar surface area (TPSA) is 83.0 Å². The Morgan fingerprint density at radius 2 is 1.94 bits per heavy atom. The Morgan fingerprint density at radius 3 is 2.69 bits per heavy atom. The van der Waals surface area contributed by atoms with Crippen LogP contribution in [0.5, 0.6) is 5.75 Å². The molecule has 8 heteroatoms. The van der Waals surface area contributed by atoms with Crippen molar-refractivity contribution in [2.45, 2.75) is 6.54 Å². The Kier molecular flexibility index (Phi) is 5.17. The molecule has 0 aliphatic rings. The van der Waals surface area contributed by atoms with Crippen LogP contribution in [0.2, 0.25) is 5.02 Å². The third-order valence-corrected chi connectivity index (χ3v) is 5.42. The largest absolute Gasteiger partial charge is 0.497 e. The predicted octanol–water partition coefficient (Wildman–Crippen LogP) is 5.03. The average Bonchev–Trinajstić information content (AvgIpc) is 3.46. The molecule has 2 aromatic carbocycles. The van der Waals surface area contributed by atoms with Crippen LogP contribution in [-0.2, 0) is 6.54 Å². The van der Waals surface area contributed by atoms with Gasteiger partial charge in [0, 0.05) is 40.9 Å². The second kappa shape index (κ2) is 8.28. The van der Waals surface area contributed by atoms with Crippen molar-refractivity contribution >= 4 is 28.3 Å². The van der Waals surface area contributed by atoms with Gasteiger partial charge >= 0.3 is 0 Å². The lowest BCUT2D eigenvalue weighted by atomic mass is 10.1. The van der Waals surface area contributed by atoms with E-state index >= 15 is 0 Å². The fourth-order valence-electron chi connectivity index (χ4n) is 3.58. The van der Waals surface area contributed by atoms with Gasteiger partial charge in [0.1, 0.15) is 17.1 Å². The first-order valence-corrected chi connectivity index (χ1v) is 10.2. The zero-order chi connectivity index (χ0) is 22.1. The predicted molar refractivity (Wildman–Crippen MR) is 120 cm³/mol. The molecule has 3 aromatic heterocycles. The van der Waals surface area contributed by atoms with Crippen LogP contribution in [0, 0.1) is 0 Å². The van der Waals surface area contributed by atoms with E-state index in [0.29, 0.717) is 34.3 Å². The van der Waals surface area contributed by atoms with E-state index in [4.69, 9.17) is 20.9 Å². The number of methoxy groups -OCH3 is 1. The summed E-state index contributed by atoms with van der Waals surface area (Å²) in [6.07, 6.45) is 3.39. The van der Waals surface area contributed by atoms with E-state index in [0.717, 1.165) is 16.5 Å². The number of nitrogens with zero attached hydrogens (tertiary/aromatic N) is 4. The van der Waals surface area contributed by atoms with Gasteiger partial charge in [0.2, 0.25) is 11.5 Å². The summed E-state index contributed by atoms with van der Waals surface area (Å²) in [5, 5.41) is 13.3. The average molecular weight is 445 g/mol. The minimum atomic E-state index is -0.277. The van der Waals surface area contributed by atoms with Gasteiger partial charge < -0.3 is 13.8 Å². The highest BCUT2D eigenvalue weighted by atomic mass is 35.5. The number of aromatic nitrogens is 4. The number of ether oxygens (including phenoxy) is 1. The van der Waals surface area contributed by atoms with Crippen molar-refractivity contribution in [1.82, 2.24) is 19.9 Å². The first-order chi connectivity index (χ1) is 15.6. The molecule has 0 atom stereocenters. The highest BCUT2D eigenvalue weighted by Gasteiger charge is 2.22. The van der Waals surface area contributed by atoms with Crippen molar-refractivity contribution in [3.63, 3.8) is 0 Å². The second-order valence-electron chi connectivity index (χ2n) is 7.19. The van der Waals surface area contributed by atoms with E-state index in [2.05, 4.69) is 15.4 Å². The molecule has 0 amide bonds. The number of hydrogen-bond acceptors (Lipinski definition) is 6. The maximum Gasteiger partial charge on any atom is 0.233 e. The molecule has 3 heterocycles. The van der Waals surface area contributed by atoms with Crippen LogP contribution in [0.3, 0.4) is 0 Å². The van der Waals surface area contributed by atoms with Crippen LogP contribution >= 0.6 is 11.6 Å². The summed E-state index contributed by atoms with van der Waals surface area (Å²) in [6, 6.07) is 18.3. The number of fused-ring (bicyclic) bond motifs is 1. The maximum atomic E-state index is 13.4. The molecule has 0 unspecified atom stereocenters. The lowest BCUT2D eigenvalue weighted by Crippen LogP contribution is -2.00. The Morgan fingerprint density at radius 1 is 1.09 bits per heavy atom. The van der Waals surface area contributed by atoms with Crippen LogP contribution in [-0.4, -0.2) is 32.8 Å². The molecule has 0 fully saturated rings. The van der Waals surface area contributed by atoms with E-state index in [-0.39, 0.29) is 11.5 Å². The Labute approximate surface area is 188 Å². The maximum absolute atomic E-state index is 13.4. The number of ketones is 1. The third kappa shape index (κ3) is 3.74. The first kappa shape index (κ1) is 20.0. The summed E-state index contributed by atoms with van der Waals surface area (Å²) in [5.74, 6) is 0.508. The second-order valence-corrected chi connectivity index (χ2v) is 7.63. The summed E-state index contributed by atoms with van der Waals surface area (Å²) in [7, 11) is 1.59. The molecule has 0 spiro atoms. The number of rotatable bonds is 6. The molecule has 5 rings (SSSR count). The molecular weight excluding hydrogens is 428 g/mol. The standard InChI is InChI=1S/C24H17ClN4O3/c1-31-17-8-9-22-18(11-17)19(14-29(22)13-15-4-6-16(25)7-5-15)24(30)23-12-21(28-32-23)20-3-2-10-26-27-20/h2-12,14H,13H2,1H3. The molecule has 0 bridgehead atoms. The molecule has 0 N–H and O–H groups in total. The van der Waals surface area contributed by atoms with Gasteiger partial charge in [-0.15, -0.1) is 5.10 Å². The number of carbonyl (C=O) groups is 1. The van der Waals surface area contributed by atoms with Crippen LogP contribution in [0.1, 0.15) is 21.7 Å². The summed E-state index contributed by atoms with van der Waals surface area (Å²) < 4.78 is 12.8. The van der Waals surface area contributed by atoms with E-state index in [1.807, 2.05) is 53.2 Å². The Bertz CT molecular complexity index is 1410. The number of benzene rings is 2. The Hall–Kier alpha value is -3.97. The van der Waals surface area contributed by atoms with Crippen molar-refractivity contribution in [2.75, 3.05) is 7.11 Å². The third-order valence-electron chi connectivity index (χ3n) is 5.17. The van der Waals surface area contributed by atoms with Gasteiger partial charge in [0.15, 0.2) is 0 Å². The van der Waals surface area contributed by atoms with Crippen LogP contribution in [0.15, 0.2) is 77.6 Å². The molecule has 0 radical (unpaired) electrons. The van der Waals surface area contributed by atoms with Gasteiger partial charge in [-0.2, -0.15) is 5.10 Å². The van der Waals surface area contributed by atoms with Crippen molar-refractivity contribution in [3.8, 4) is 17.1 Å². The molecule has 0 aliphatic carbocycles. The van der Waals surface area contributed by atoms with Crippen molar-refractivity contribution < 1.29 is 14.1 Å². The highest BCUT2D eigenvalue weighted by Crippen LogP contribution is 2.29. The van der Waals surface area contributed by atoms with E-state index < -0.39 is 0 Å². The van der Waals surface area contributed by atoms with Crippen LogP contribution in [0.25, 0.3) is 22.3 Å². The summed E-state index contributed by atoms with van der Waals surface area (Å²) in [5.41, 5.74) is 3.43. The summed E-state index contributed by atoms with van der Waals surface area (Å²) in [4.78, 5) is 13.4. The zero-order valence-corrected chi connectivity index (χ0v) is 17.8. The summed E-state index contributed by atoms with van der Waals surface area (Å²) in [6.45, 7) is 0.578. The Balaban J connectivity index is 1.56. The van der Waals surface area contributed by atoms with Crippen LogP contribution < -0.4 is 4.74 Å². The zero-order valence-electron chi connectivity index (χ0n) is 17.0. The minimum Gasteiger partial charge on any atom is -0.497 e. The minimum absolute atomic E-state index is 0.124. The molecule has 0 aliphatic heterocycles. The van der Waals surface area contributed by atoms with Crippen molar-refractivity contribution in [2.24, 2.45) is 0 Å². The van der Waals surface area contributed by atoms with E-state index in [1.54, 1.807) is 31.5 Å². The SMILES string of the molecule is COc1ccc2c(c1)c(C(=O)c1cc(-c3cccnn3)no1)cn2Cc1ccc(Cl)cc1. The van der Waals surface area contributed by atoms with E-state index in [1.165, 1.54) is 0 Å². The van der Waals surface area contributed by atoms with E-state index in [9.17, 15) is 4.79 Å². The summed E-state index contributed by atoms with van der Waals surface area (Å²) >= 11 is 6.01. The monoisotopic (exact) mass is 444 g/mol. The van der Waals surface area contributed by atoms with Gasteiger partial charge in [-0.05, 0) is 48.0 Å². The molecule has 32 heavy (non-hydrogen) atoms. The highest BCUT2D eigenvalue weighted by molar-refractivity contribution is 6.30. The fourth-order valence-corrected chi connectivity index (χ4v) is 3.70. The lowest BCUT2D eigenvalue weighted by Gasteiger charge is -2.06. The number of hydrogen-bond donors (Lipinski definition) is 0. The van der Waals surface area contributed by atoms with Gasteiger partial charge in [0.25, 0.3) is 0 Å². The number of carbonyl (C=O) groups excluding carboxylic acids is 1. The molecule has 0 saturated carbocycles. The molecule has 0 saturated heterocycles. The molecule has 7 nitrogen and oxygen atoms in total. The quantitative estimate of drug-likeness (QED) is 0.342. The van der Waals surface area contributed by atoms with Crippen LogP contribution in [0.4, 0.5) is 0 Å². The smallest absolute Gasteiger partial charge is 0.233 e. The van der Waals surface area contributed by atoms with Gasteiger partial charge in [-0.3, -0.25) is 4.79 Å². The van der Waals surface area contributed by atoms with Crippen molar-refractivity contribution in [1.29, 1.82) is 0 Å². The lowest BCUT2D eigenvalue weighted by molar-refractivity contribution is 0.100. The van der Waals surface area contributed by atoms with Gasteiger partial charge in [0.05, 0.1) is 12.7 Å². The van der Waals surface area contributed by atoms with Crippen molar-refractivity contribution in [3.05, 3.63) is 95.0 Å². The first-order valence-electron chi connectivity index (χ1n) is 9.83. The van der Waals surface area contributed by atoms with Gasteiger partial charge in [-0.25, -0.2) is 0 Å². The molecule has 158 valence electrons. The fraction of sp³-hybridized carbons (Fsp3) is 0.0833. The normalized spacial score (nSPS) is 11.1. The molecular formula is C24H17ClN4O3. The number of halogens is 1.